The number of nitrogens with one attached hydrogen (secondary N) is 2. The van der Waals surface area contributed by atoms with Gasteiger partial charge in [-0.1, -0.05) is 13.8 Å². The third-order valence-corrected chi connectivity index (χ3v) is 2.84. The Morgan fingerprint density at radius 1 is 1.58 bits per heavy atom. The summed E-state index contributed by atoms with van der Waals surface area (Å²) < 4.78 is 1.56. The predicted molar refractivity (Wildman–Crippen MR) is 72.9 cm³/mol. The number of hydrogen-bond acceptors (Lipinski definition) is 4. The lowest BCUT2D eigenvalue weighted by Gasteiger charge is -2.05. The number of aromatic amines is 1. The van der Waals surface area contributed by atoms with Gasteiger partial charge in [0.2, 0.25) is 0 Å². The van der Waals surface area contributed by atoms with Crippen LogP contribution in [0.4, 0.5) is 11.5 Å². The van der Waals surface area contributed by atoms with E-state index in [1.807, 2.05) is 26.8 Å². The van der Waals surface area contributed by atoms with Crippen LogP contribution in [0.1, 0.15) is 42.9 Å². The van der Waals surface area contributed by atoms with Gasteiger partial charge < -0.3 is 11.1 Å². The number of aryl methyl sites for hydroxylation is 1. The summed E-state index contributed by atoms with van der Waals surface area (Å²) in [6, 6.07) is 1.81. The minimum Gasteiger partial charge on any atom is -0.396 e. The summed E-state index contributed by atoms with van der Waals surface area (Å²) in [6.07, 6.45) is 1.47. The molecule has 0 aliphatic heterocycles. The van der Waals surface area contributed by atoms with Gasteiger partial charge in [-0.2, -0.15) is 10.2 Å². The first-order valence-electron chi connectivity index (χ1n) is 6.20. The number of rotatable bonds is 4. The van der Waals surface area contributed by atoms with E-state index in [0.29, 0.717) is 29.7 Å². The van der Waals surface area contributed by atoms with Gasteiger partial charge in [0.1, 0.15) is 5.69 Å². The van der Waals surface area contributed by atoms with Crippen LogP contribution < -0.4 is 11.1 Å². The fourth-order valence-electron chi connectivity index (χ4n) is 1.76. The summed E-state index contributed by atoms with van der Waals surface area (Å²) in [5.41, 5.74) is 7.44. The summed E-state index contributed by atoms with van der Waals surface area (Å²) >= 11 is 0. The number of carbonyl (C=O) groups is 1. The van der Waals surface area contributed by atoms with Gasteiger partial charge in [0.15, 0.2) is 5.82 Å². The lowest BCUT2D eigenvalue weighted by molar-refractivity contribution is 0.101. The van der Waals surface area contributed by atoms with Crippen molar-refractivity contribution in [1.29, 1.82) is 0 Å². The summed E-state index contributed by atoms with van der Waals surface area (Å²) in [6.45, 7) is 6.57. The molecule has 2 aromatic rings. The zero-order chi connectivity index (χ0) is 14.0. The van der Waals surface area contributed by atoms with E-state index in [0.717, 1.165) is 5.69 Å². The lowest BCUT2D eigenvalue weighted by atomic mass is 10.1. The van der Waals surface area contributed by atoms with Crippen molar-refractivity contribution in [3.05, 3.63) is 23.7 Å². The largest absolute Gasteiger partial charge is 0.396 e. The van der Waals surface area contributed by atoms with E-state index in [2.05, 4.69) is 20.6 Å². The number of hydrogen-bond donors (Lipinski definition) is 3. The molecular weight excluding hydrogens is 244 g/mol. The van der Waals surface area contributed by atoms with Gasteiger partial charge in [-0.3, -0.25) is 14.6 Å². The Morgan fingerprint density at radius 3 is 2.89 bits per heavy atom. The first kappa shape index (κ1) is 13.1. The number of nitrogens with two attached hydrogens (primary N) is 1. The van der Waals surface area contributed by atoms with Crippen molar-refractivity contribution < 1.29 is 4.79 Å². The Kier molecular flexibility index (Phi) is 3.55. The first-order valence-corrected chi connectivity index (χ1v) is 6.20. The molecular formula is C12H18N6O. The van der Waals surface area contributed by atoms with Gasteiger partial charge in [0.05, 0.1) is 11.9 Å². The molecule has 0 bridgehead atoms. The van der Waals surface area contributed by atoms with E-state index < -0.39 is 0 Å². The molecule has 2 rings (SSSR count). The van der Waals surface area contributed by atoms with Crippen LogP contribution in [0, 0.1) is 0 Å². The third-order valence-electron chi connectivity index (χ3n) is 2.84. The lowest BCUT2D eigenvalue weighted by Crippen LogP contribution is -2.19. The Labute approximate surface area is 111 Å². The molecule has 0 aromatic carbocycles. The average Bonchev–Trinajstić information content (AvgIpc) is 2.95. The van der Waals surface area contributed by atoms with Gasteiger partial charge in [0.25, 0.3) is 5.91 Å². The maximum absolute atomic E-state index is 12.1. The number of amides is 1. The van der Waals surface area contributed by atoms with Crippen LogP contribution in [0.25, 0.3) is 0 Å². The zero-order valence-electron chi connectivity index (χ0n) is 11.3. The minimum absolute atomic E-state index is 0.307. The van der Waals surface area contributed by atoms with Gasteiger partial charge in [-0.05, 0) is 12.8 Å². The maximum Gasteiger partial charge on any atom is 0.277 e. The van der Waals surface area contributed by atoms with Crippen LogP contribution in [0.2, 0.25) is 0 Å². The Hall–Kier alpha value is -2.31. The summed E-state index contributed by atoms with van der Waals surface area (Å²) in [5, 5.41) is 13.7. The standard InChI is InChI=1S/C12H18N6O/c1-4-18-11(8(13)6-14-18)12(19)15-10-5-9(7(2)3)16-17-10/h5-7H,4,13H2,1-3H3,(H2,15,16,17,19). The van der Waals surface area contributed by atoms with E-state index in [9.17, 15) is 4.79 Å². The van der Waals surface area contributed by atoms with E-state index in [1.165, 1.54) is 6.20 Å². The maximum atomic E-state index is 12.1. The highest BCUT2D eigenvalue weighted by Gasteiger charge is 2.17. The average molecular weight is 262 g/mol. The Bertz CT molecular complexity index is 583. The normalized spacial score (nSPS) is 10.9. The highest BCUT2D eigenvalue weighted by Crippen LogP contribution is 2.17. The molecule has 0 spiro atoms. The van der Waals surface area contributed by atoms with Crippen LogP contribution in [0.5, 0.6) is 0 Å². The molecule has 0 fully saturated rings. The summed E-state index contributed by atoms with van der Waals surface area (Å²) in [5.74, 6) is 0.500. The Morgan fingerprint density at radius 2 is 2.32 bits per heavy atom. The van der Waals surface area contributed by atoms with Gasteiger partial charge in [0, 0.05) is 18.3 Å². The van der Waals surface area contributed by atoms with Crippen LogP contribution >= 0.6 is 0 Å². The second-order valence-corrected chi connectivity index (χ2v) is 4.58. The molecule has 0 aliphatic rings. The second kappa shape index (κ2) is 5.13. The molecule has 19 heavy (non-hydrogen) atoms. The smallest absolute Gasteiger partial charge is 0.277 e. The van der Waals surface area contributed by atoms with E-state index in [4.69, 9.17) is 5.73 Å². The molecule has 102 valence electrons. The molecule has 0 unspecified atom stereocenters. The molecule has 1 amide bonds. The summed E-state index contributed by atoms with van der Waals surface area (Å²) in [4.78, 5) is 12.1. The van der Waals surface area contributed by atoms with Gasteiger partial charge in [-0.25, -0.2) is 0 Å². The number of anilines is 2. The van der Waals surface area contributed by atoms with E-state index in [-0.39, 0.29) is 5.91 Å². The molecule has 2 heterocycles. The first-order chi connectivity index (χ1) is 9.02. The highest BCUT2D eigenvalue weighted by molar-refractivity contribution is 6.05. The Balaban J connectivity index is 2.18. The number of nitrogens with zero attached hydrogens (tertiary/aromatic N) is 3. The van der Waals surface area contributed by atoms with Crippen molar-refractivity contribution in [3.63, 3.8) is 0 Å². The second-order valence-electron chi connectivity index (χ2n) is 4.58. The molecule has 0 saturated carbocycles. The van der Waals surface area contributed by atoms with Gasteiger partial charge >= 0.3 is 0 Å². The van der Waals surface area contributed by atoms with Crippen molar-refractivity contribution in [2.75, 3.05) is 11.1 Å². The molecule has 0 atom stereocenters. The molecule has 4 N–H and O–H groups in total. The highest BCUT2D eigenvalue weighted by atomic mass is 16.2. The molecule has 0 saturated heterocycles. The van der Waals surface area contributed by atoms with Crippen LogP contribution in [0.15, 0.2) is 12.3 Å². The van der Waals surface area contributed by atoms with Crippen molar-refractivity contribution in [3.8, 4) is 0 Å². The third kappa shape index (κ3) is 2.59. The fraction of sp³-hybridized carbons (Fsp3) is 0.417. The number of aromatic nitrogens is 4. The number of carbonyl (C=O) groups excluding carboxylic acids is 1. The summed E-state index contributed by atoms with van der Waals surface area (Å²) in [7, 11) is 0. The van der Waals surface area contributed by atoms with Crippen molar-refractivity contribution >= 4 is 17.4 Å². The van der Waals surface area contributed by atoms with Crippen LogP contribution in [0.3, 0.4) is 0 Å². The van der Waals surface area contributed by atoms with Crippen molar-refractivity contribution in [2.45, 2.75) is 33.2 Å². The monoisotopic (exact) mass is 262 g/mol. The number of nitrogen functional groups attached to an aromatic ring is 1. The minimum atomic E-state index is -0.307. The SMILES string of the molecule is CCn1ncc(N)c1C(=O)Nc1cc(C(C)C)[nH]n1. The van der Waals surface area contributed by atoms with Gasteiger partial charge in [-0.15, -0.1) is 0 Å². The molecule has 0 aliphatic carbocycles. The van der Waals surface area contributed by atoms with E-state index >= 15 is 0 Å². The van der Waals surface area contributed by atoms with Crippen molar-refractivity contribution in [1.82, 2.24) is 20.0 Å². The quantitative estimate of drug-likeness (QED) is 0.778. The fourth-order valence-corrected chi connectivity index (χ4v) is 1.76. The molecule has 7 nitrogen and oxygen atoms in total. The van der Waals surface area contributed by atoms with Crippen LogP contribution in [-0.4, -0.2) is 25.9 Å². The molecule has 7 heteroatoms. The molecule has 0 radical (unpaired) electrons. The number of H-pyrrole nitrogens is 1. The topological polar surface area (TPSA) is 102 Å². The zero-order valence-corrected chi connectivity index (χ0v) is 11.3. The van der Waals surface area contributed by atoms with Crippen LogP contribution in [-0.2, 0) is 6.54 Å². The van der Waals surface area contributed by atoms with E-state index in [1.54, 1.807) is 4.68 Å². The molecule has 2 aromatic heterocycles. The van der Waals surface area contributed by atoms with Crippen molar-refractivity contribution in [2.24, 2.45) is 0 Å². The predicted octanol–water partition coefficient (Wildman–Crippen LogP) is 1.58.